The van der Waals surface area contributed by atoms with E-state index in [0.29, 0.717) is 45.5 Å². The zero-order valence-electron chi connectivity index (χ0n) is 21.6. The normalized spacial score (nSPS) is 14.5. The molecule has 1 aromatic heterocycles. The van der Waals surface area contributed by atoms with E-state index in [0.717, 1.165) is 21.2 Å². The van der Waals surface area contributed by atoms with Crippen molar-refractivity contribution in [1.82, 2.24) is 14.8 Å². The van der Waals surface area contributed by atoms with Crippen molar-refractivity contribution in [2.45, 2.75) is 37.4 Å². The summed E-state index contributed by atoms with van der Waals surface area (Å²) in [7, 11) is 1.37. The number of hydrogen-bond donors (Lipinski definition) is 1. The van der Waals surface area contributed by atoms with E-state index >= 15 is 0 Å². The number of nitrogens with zero attached hydrogens (tertiary/aromatic N) is 3. The average Bonchev–Trinajstić information content (AvgIpc) is 3.34. The van der Waals surface area contributed by atoms with Gasteiger partial charge in [0.1, 0.15) is 18.4 Å². The molecule has 0 spiro atoms. The van der Waals surface area contributed by atoms with Crippen molar-refractivity contribution >= 4 is 51.2 Å². The van der Waals surface area contributed by atoms with Crippen LogP contribution in [0.15, 0.2) is 87.6 Å². The number of anilines is 1. The summed E-state index contributed by atoms with van der Waals surface area (Å²) < 4.78 is 14.1. The number of thioether (sulfide) groups is 1. The molecule has 2 heterocycles. The van der Waals surface area contributed by atoms with Gasteiger partial charge in [0.15, 0.2) is 0 Å². The lowest BCUT2D eigenvalue weighted by Gasteiger charge is -2.29. The standard InChI is InChI=1S/C29H26BrClN4O3S/c1-17-8-10-19(11-9-17)15-38-24-13-12-21(30)14-22(24)26-25(27(36)37-3)18(2)32-28-33-29(34-35(26)28)39-16-20-6-4-5-7-23(20)31/h4-14,26H,15-16H2,1-3H3,(H,32,33,34). The van der Waals surface area contributed by atoms with E-state index in [1.54, 1.807) is 4.68 Å². The highest BCUT2D eigenvalue weighted by Crippen LogP contribution is 2.41. The van der Waals surface area contributed by atoms with Crippen molar-refractivity contribution in [2.75, 3.05) is 12.4 Å². The molecule has 0 aliphatic carbocycles. The summed E-state index contributed by atoms with van der Waals surface area (Å²) >= 11 is 11.4. The van der Waals surface area contributed by atoms with Gasteiger partial charge in [-0.1, -0.05) is 87.3 Å². The van der Waals surface area contributed by atoms with Crippen LogP contribution < -0.4 is 10.1 Å². The van der Waals surface area contributed by atoms with Crippen LogP contribution in [0.4, 0.5) is 5.95 Å². The van der Waals surface area contributed by atoms with E-state index in [2.05, 4.69) is 33.4 Å². The maximum absolute atomic E-state index is 13.1. The van der Waals surface area contributed by atoms with Crippen LogP contribution in [0, 0.1) is 6.92 Å². The Labute approximate surface area is 244 Å². The minimum Gasteiger partial charge on any atom is -0.489 e. The summed E-state index contributed by atoms with van der Waals surface area (Å²) in [5.74, 6) is 1.30. The van der Waals surface area contributed by atoms with Crippen molar-refractivity contribution in [1.29, 1.82) is 0 Å². The number of fused-ring (bicyclic) bond motifs is 1. The molecule has 0 bridgehead atoms. The van der Waals surface area contributed by atoms with Crippen LogP contribution in [0.2, 0.25) is 5.02 Å². The monoisotopic (exact) mass is 624 g/mol. The van der Waals surface area contributed by atoms with Gasteiger partial charge in [-0.15, -0.1) is 5.10 Å². The molecule has 200 valence electrons. The number of aromatic nitrogens is 3. The Morgan fingerprint density at radius 2 is 1.90 bits per heavy atom. The molecule has 1 aliphatic heterocycles. The smallest absolute Gasteiger partial charge is 0.338 e. The first-order valence-electron chi connectivity index (χ1n) is 12.2. The molecule has 5 rings (SSSR count). The Morgan fingerprint density at radius 1 is 1.13 bits per heavy atom. The predicted octanol–water partition coefficient (Wildman–Crippen LogP) is 7.34. The first-order valence-corrected chi connectivity index (χ1v) is 14.4. The summed E-state index contributed by atoms with van der Waals surface area (Å²) in [5.41, 5.74) is 5.04. The van der Waals surface area contributed by atoms with Crippen molar-refractivity contribution < 1.29 is 14.3 Å². The molecule has 7 nitrogen and oxygen atoms in total. The van der Waals surface area contributed by atoms with E-state index in [9.17, 15) is 4.79 Å². The topological polar surface area (TPSA) is 78.3 Å². The number of rotatable bonds is 8. The number of halogens is 2. The number of carbonyl (C=O) groups excluding carboxylic acids is 1. The van der Waals surface area contributed by atoms with E-state index in [-0.39, 0.29) is 0 Å². The molecule has 1 unspecified atom stereocenters. The summed E-state index contributed by atoms with van der Waals surface area (Å²) in [6.45, 7) is 4.26. The maximum atomic E-state index is 13.1. The number of allylic oxidation sites excluding steroid dienone is 1. The van der Waals surface area contributed by atoms with E-state index in [1.807, 2.05) is 68.4 Å². The number of nitrogens with one attached hydrogen (secondary N) is 1. The number of aryl methyl sites for hydroxylation is 1. The molecule has 0 saturated heterocycles. The molecule has 0 radical (unpaired) electrons. The molecule has 0 amide bonds. The van der Waals surface area contributed by atoms with Crippen molar-refractivity contribution in [3.63, 3.8) is 0 Å². The highest BCUT2D eigenvalue weighted by molar-refractivity contribution is 9.10. The minimum absolute atomic E-state index is 0.374. The highest BCUT2D eigenvalue weighted by atomic mass is 79.9. The Balaban J connectivity index is 1.52. The van der Waals surface area contributed by atoms with Crippen LogP contribution in [-0.4, -0.2) is 27.8 Å². The van der Waals surface area contributed by atoms with Gasteiger partial charge in [-0.05, 0) is 49.2 Å². The molecule has 0 fully saturated rings. The summed E-state index contributed by atoms with van der Waals surface area (Å²) in [6.07, 6.45) is 0. The zero-order chi connectivity index (χ0) is 27.5. The van der Waals surface area contributed by atoms with Crippen LogP contribution in [0.1, 0.15) is 35.2 Å². The Morgan fingerprint density at radius 3 is 2.64 bits per heavy atom. The second-order valence-corrected chi connectivity index (χ2v) is 11.3. The van der Waals surface area contributed by atoms with Crippen LogP contribution in [0.5, 0.6) is 5.75 Å². The third-order valence-corrected chi connectivity index (χ3v) is 8.08. The zero-order valence-corrected chi connectivity index (χ0v) is 24.7. The first kappa shape index (κ1) is 27.3. The van der Waals surface area contributed by atoms with Crippen LogP contribution in [0.25, 0.3) is 0 Å². The summed E-state index contributed by atoms with van der Waals surface area (Å²) in [6, 6.07) is 21.0. The van der Waals surface area contributed by atoms with Gasteiger partial charge in [-0.2, -0.15) is 4.98 Å². The van der Waals surface area contributed by atoms with Crippen LogP contribution >= 0.6 is 39.3 Å². The number of esters is 1. The van der Waals surface area contributed by atoms with Gasteiger partial charge in [-0.3, -0.25) is 0 Å². The summed E-state index contributed by atoms with van der Waals surface area (Å²) in [4.78, 5) is 17.8. The fourth-order valence-corrected chi connectivity index (χ4v) is 5.82. The van der Waals surface area contributed by atoms with Gasteiger partial charge in [0.2, 0.25) is 11.1 Å². The van der Waals surface area contributed by atoms with Gasteiger partial charge in [0.05, 0.1) is 12.7 Å². The fourth-order valence-electron chi connectivity index (χ4n) is 4.32. The van der Waals surface area contributed by atoms with E-state index in [4.69, 9.17) is 31.2 Å². The summed E-state index contributed by atoms with van der Waals surface area (Å²) in [5, 5.41) is 9.28. The number of benzene rings is 3. The number of ether oxygens (including phenoxy) is 2. The van der Waals surface area contributed by atoms with Gasteiger partial charge < -0.3 is 14.8 Å². The second kappa shape index (κ2) is 11.9. The number of methoxy groups -OCH3 is 1. The third-order valence-electron chi connectivity index (χ3n) is 6.33. The molecular formula is C29H26BrClN4O3S. The predicted molar refractivity (Wildman–Crippen MR) is 157 cm³/mol. The van der Waals surface area contributed by atoms with Gasteiger partial charge in [-0.25, -0.2) is 9.48 Å². The quantitative estimate of drug-likeness (QED) is 0.162. The lowest BCUT2D eigenvalue weighted by Crippen LogP contribution is -2.29. The van der Waals surface area contributed by atoms with Crippen LogP contribution in [0.3, 0.4) is 0 Å². The Kier molecular flexibility index (Phi) is 8.30. The van der Waals surface area contributed by atoms with Crippen LogP contribution in [-0.2, 0) is 21.9 Å². The minimum atomic E-state index is -0.624. The van der Waals surface area contributed by atoms with Crippen molar-refractivity contribution in [3.8, 4) is 5.75 Å². The third kappa shape index (κ3) is 6.00. The van der Waals surface area contributed by atoms with E-state index in [1.165, 1.54) is 24.4 Å². The Hall–Kier alpha value is -3.27. The molecule has 39 heavy (non-hydrogen) atoms. The highest BCUT2D eigenvalue weighted by Gasteiger charge is 2.37. The molecular weight excluding hydrogens is 600 g/mol. The van der Waals surface area contributed by atoms with Gasteiger partial charge in [0, 0.05) is 26.5 Å². The lowest BCUT2D eigenvalue weighted by molar-refractivity contribution is -0.136. The Bertz CT molecular complexity index is 1550. The maximum Gasteiger partial charge on any atom is 0.338 e. The number of hydrogen-bond acceptors (Lipinski definition) is 7. The van der Waals surface area contributed by atoms with E-state index < -0.39 is 12.0 Å². The van der Waals surface area contributed by atoms with Gasteiger partial charge in [0.25, 0.3) is 0 Å². The number of carbonyl (C=O) groups is 1. The molecule has 1 atom stereocenters. The molecule has 1 aliphatic rings. The van der Waals surface area contributed by atoms with Crippen molar-refractivity contribution in [3.05, 3.63) is 110 Å². The molecule has 1 N–H and O–H groups in total. The SMILES string of the molecule is COC(=O)C1=C(C)Nc2nc(SCc3ccccc3Cl)nn2C1c1cc(Br)ccc1OCc1ccc(C)cc1. The fraction of sp³-hybridized carbons (Fsp3) is 0.207. The molecule has 0 saturated carbocycles. The lowest BCUT2D eigenvalue weighted by atomic mass is 9.95. The van der Waals surface area contributed by atoms with Crippen molar-refractivity contribution in [2.24, 2.45) is 0 Å². The average molecular weight is 626 g/mol. The molecule has 3 aromatic carbocycles. The molecule has 10 heteroatoms. The largest absolute Gasteiger partial charge is 0.489 e. The first-order chi connectivity index (χ1) is 18.8. The molecule has 4 aromatic rings. The second-order valence-electron chi connectivity index (χ2n) is 9.06. The van der Waals surface area contributed by atoms with Gasteiger partial charge >= 0.3 is 5.97 Å².